The zero-order valence-corrected chi connectivity index (χ0v) is 14.2. The number of pyridine rings is 1. The van der Waals surface area contributed by atoms with Crippen LogP contribution in [0.5, 0.6) is 0 Å². The molecule has 1 aliphatic rings. The van der Waals surface area contributed by atoms with Crippen LogP contribution in [0, 0.1) is 0 Å². The second kappa shape index (κ2) is 6.91. The zero-order valence-electron chi connectivity index (χ0n) is 11.8. The van der Waals surface area contributed by atoms with Crippen LogP contribution in [0.4, 0.5) is 0 Å². The van der Waals surface area contributed by atoms with Crippen molar-refractivity contribution in [1.29, 1.82) is 0 Å². The van der Waals surface area contributed by atoms with Crippen LogP contribution in [-0.4, -0.2) is 33.3 Å². The van der Waals surface area contributed by atoms with Crippen LogP contribution in [0.1, 0.15) is 29.1 Å². The lowest BCUT2D eigenvalue weighted by Gasteiger charge is -2.26. The van der Waals surface area contributed by atoms with Crippen LogP contribution in [-0.2, 0) is 0 Å². The molecule has 0 radical (unpaired) electrons. The van der Waals surface area contributed by atoms with Crippen LogP contribution in [0.25, 0.3) is 0 Å². The smallest absolute Gasteiger partial charge is 0.170 e. The predicted octanol–water partition coefficient (Wildman–Crippen LogP) is 3.15. The van der Waals surface area contributed by atoms with Gasteiger partial charge in [-0.1, -0.05) is 17.7 Å². The first-order valence-corrected chi connectivity index (χ1v) is 8.65. The Kier molecular flexibility index (Phi) is 4.93. The number of hydrogen-bond acceptors (Lipinski definition) is 4. The minimum absolute atomic E-state index is 0.0119. The fraction of sp³-hybridized carbons (Fsp3) is 0.333. The maximum Gasteiger partial charge on any atom is 0.170 e. The summed E-state index contributed by atoms with van der Waals surface area (Å²) in [5.41, 5.74) is 0.950. The molecular formula is C15H16ClN3OS2. The van der Waals surface area contributed by atoms with Gasteiger partial charge in [-0.25, -0.2) is 0 Å². The highest BCUT2D eigenvalue weighted by atomic mass is 35.5. The van der Waals surface area contributed by atoms with Crippen molar-refractivity contribution < 1.29 is 5.11 Å². The number of thiocarbonyl (C=S) groups is 1. The lowest BCUT2D eigenvalue weighted by Crippen LogP contribution is -2.30. The lowest BCUT2D eigenvalue weighted by atomic mass is 10.0. The van der Waals surface area contributed by atoms with Gasteiger partial charge in [0.05, 0.1) is 22.1 Å². The third-order valence-electron chi connectivity index (χ3n) is 3.64. The third-order valence-corrected chi connectivity index (χ3v) is 5.29. The maximum absolute atomic E-state index is 9.14. The molecule has 0 aliphatic carbocycles. The molecule has 3 heterocycles. The molecule has 0 bridgehead atoms. The van der Waals surface area contributed by atoms with Crippen molar-refractivity contribution in [2.75, 3.05) is 13.2 Å². The van der Waals surface area contributed by atoms with Gasteiger partial charge in [0.1, 0.15) is 0 Å². The molecule has 0 aromatic carbocycles. The van der Waals surface area contributed by atoms with Gasteiger partial charge in [0.15, 0.2) is 5.11 Å². The molecule has 1 fully saturated rings. The van der Waals surface area contributed by atoms with E-state index in [2.05, 4.69) is 15.2 Å². The normalized spacial score (nSPS) is 21.2. The van der Waals surface area contributed by atoms with Gasteiger partial charge in [0, 0.05) is 24.2 Å². The van der Waals surface area contributed by atoms with Crippen LogP contribution in [0.15, 0.2) is 36.5 Å². The van der Waals surface area contributed by atoms with Crippen molar-refractivity contribution >= 4 is 40.3 Å². The molecule has 0 saturated carbocycles. The largest absolute Gasteiger partial charge is 0.396 e. The van der Waals surface area contributed by atoms with Crippen molar-refractivity contribution in [2.24, 2.45) is 0 Å². The Labute approximate surface area is 143 Å². The lowest BCUT2D eigenvalue weighted by molar-refractivity contribution is 0.249. The van der Waals surface area contributed by atoms with Crippen molar-refractivity contribution in [2.45, 2.75) is 18.5 Å². The van der Waals surface area contributed by atoms with Crippen molar-refractivity contribution in [3.05, 3.63) is 51.4 Å². The number of nitrogens with zero attached hydrogens (tertiary/aromatic N) is 2. The van der Waals surface area contributed by atoms with Gasteiger partial charge in [0.25, 0.3) is 0 Å². The summed E-state index contributed by atoms with van der Waals surface area (Å²) in [5, 5.41) is 13.2. The monoisotopic (exact) mass is 353 g/mol. The Hall–Kier alpha value is -1.21. The topological polar surface area (TPSA) is 48.4 Å². The van der Waals surface area contributed by atoms with Crippen molar-refractivity contribution in [1.82, 2.24) is 15.2 Å². The van der Waals surface area contributed by atoms with Gasteiger partial charge in [-0.15, -0.1) is 11.3 Å². The summed E-state index contributed by atoms with van der Waals surface area (Å²) in [6.07, 6.45) is 2.46. The predicted molar refractivity (Wildman–Crippen MR) is 93.2 cm³/mol. The molecule has 116 valence electrons. The number of hydrogen-bond donors (Lipinski definition) is 2. The minimum atomic E-state index is -0.0119. The molecule has 0 amide bonds. The number of halogens is 1. The van der Waals surface area contributed by atoms with Gasteiger partial charge in [0.2, 0.25) is 0 Å². The molecule has 22 heavy (non-hydrogen) atoms. The summed E-state index contributed by atoms with van der Waals surface area (Å²) in [7, 11) is 0. The van der Waals surface area contributed by atoms with E-state index in [4.69, 9.17) is 28.9 Å². The van der Waals surface area contributed by atoms with Gasteiger partial charge >= 0.3 is 0 Å². The first kappa shape index (κ1) is 15.7. The van der Waals surface area contributed by atoms with Crippen LogP contribution >= 0.6 is 35.2 Å². The van der Waals surface area contributed by atoms with Gasteiger partial charge < -0.3 is 15.3 Å². The SMILES string of the molecule is OCCCN1C(=S)N[C@@H](c2ccccn2)[C@H]1c1ccc(Cl)s1. The average Bonchev–Trinajstić information content (AvgIpc) is 3.09. The van der Waals surface area contributed by atoms with E-state index in [1.807, 2.05) is 30.3 Å². The Morgan fingerprint density at radius 1 is 1.36 bits per heavy atom. The van der Waals surface area contributed by atoms with Crippen molar-refractivity contribution in [3.63, 3.8) is 0 Å². The second-order valence-electron chi connectivity index (χ2n) is 5.04. The van der Waals surface area contributed by atoms with Gasteiger partial charge in [-0.2, -0.15) is 0 Å². The van der Waals surface area contributed by atoms with Crippen LogP contribution in [0.2, 0.25) is 4.34 Å². The summed E-state index contributed by atoms with van der Waals surface area (Å²) in [6, 6.07) is 9.85. The summed E-state index contributed by atoms with van der Waals surface area (Å²) in [6.45, 7) is 0.844. The van der Waals surface area contributed by atoms with Crippen LogP contribution in [0.3, 0.4) is 0 Å². The summed E-state index contributed by atoms with van der Waals surface area (Å²) in [5.74, 6) is 0. The molecule has 2 atom stereocenters. The zero-order chi connectivity index (χ0) is 15.5. The van der Waals surface area contributed by atoms with E-state index in [-0.39, 0.29) is 18.7 Å². The van der Waals surface area contributed by atoms with Crippen molar-refractivity contribution in [3.8, 4) is 0 Å². The Morgan fingerprint density at radius 2 is 2.23 bits per heavy atom. The highest BCUT2D eigenvalue weighted by molar-refractivity contribution is 7.80. The van der Waals surface area contributed by atoms with E-state index in [1.54, 1.807) is 17.5 Å². The molecule has 4 nitrogen and oxygen atoms in total. The van der Waals surface area contributed by atoms with Gasteiger partial charge in [-0.3, -0.25) is 4.98 Å². The number of thiophene rings is 1. The molecule has 7 heteroatoms. The van der Waals surface area contributed by atoms with E-state index in [0.717, 1.165) is 14.9 Å². The molecule has 0 spiro atoms. The van der Waals surface area contributed by atoms with Gasteiger partial charge in [-0.05, 0) is 42.9 Å². The highest BCUT2D eigenvalue weighted by Crippen LogP contribution is 2.42. The number of nitrogens with one attached hydrogen (secondary N) is 1. The first-order valence-electron chi connectivity index (χ1n) is 7.05. The highest BCUT2D eigenvalue weighted by Gasteiger charge is 2.40. The molecule has 3 rings (SSSR count). The minimum Gasteiger partial charge on any atom is -0.396 e. The van der Waals surface area contributed by atoms with E-state index in [0.29, 0.717) is 18.1 Å². The van der Waals surface area contributed by atoms with E-state index in [1.165, 1.54) is 0 Å². The summed E-state index contributed by atoms with van der Waals surface area (Å²) in [4.78, 5) is 7.73. The maximum atomic E-state index is 9.14. The fourth-order valence-corrected chi connectivity index (χ4v) is 4.23. The van der Waals surface area contributed by atoms with E-state index >= 15 is 0 Å². The molecule has 2 aromatic heterocycles. The number of rotatable bonds is 5. The molecule has 2 N–H and O–H groups in total. The standard InChI is InChI=1S/C15H16ClN3OS2/c16-12-6-5-11(22-12)14-13(10-4-1-2-7-17-10)18-15(21)19(14)8-3-9-20/h1-2,4-7,13-14,20H,3,8-9H2,(H,18,21)/t13-,14+/m0/s1. The molecule has 1 saturated heterocycles. The quantitative estimate of drug-likeness (QED) is 0.809. The number of aliphatic hydroxyl groups excluding tert-OH is 1. The van der Waals surface area contributed by atoms with E-state index in [9.17, 15) is 0 Å². The molecule has 2 aromatic rings. The van der Waals surface area contributed by atoms with E-state index < -0.39 is 0 Å². The third kappa shape index (κ3) is 3.10. The summed E-state index contributed by atoms with van der Waals surface area (Å²) < 4.78 is 0.759. The summed E-state index contributed by atoms with van der Waals surface area (Å²) >= 11 is 13.2. The molecule has 0 unspecified atom stereocenters. The Balaban J connectivity index is 1.96. The average molecular weight is 354 g/mol. The fourth-order valence-electron chi connectivity index (χ4n) is 2.68. The number of aromatic nitrogens is 1. The molecular weight excluding hydrogens is 338 g/mol. The first-order chi connectivity index (χ1) is 10.7. The Bertz CT molecular complexity index is 649. The molecule has 1 aliphatic heterocycles. The second-order valence-corrected chi connectivity index (χ2v) is 7.17. The van der Waals surface area contributed by atoms with Crippen LogP contribution < -0.4 is 5.32 Å². The number of aliphatic hydroxyl groups is 1. The Morgan fingerprint density at radius 3 is 2.86 bits per heavy atom.